The van der Waals surface area contributed by atoms with E-state index in [1.54, 1.807) is 6.07 Å². The van der Waals surface area contributed by atoms with Gasteiger partial charge in [-0.1, -0.05) is 11.8 Å². The van der Waals surface area contributed by atoms with Crippen LogP contribution in [-0.4, -0.2) is 11.7 Å². The van der Waals surface area contributed by atoms with E-state index >= 15 is 0 Å². The Hall–Kier alpha value is -1.77. The Morgan fingerprint density at radius 1 is 1.43 bits per heavy atom. The van der Waals surface area contributed by atoms with Crippen LogP contribution in [0.5, 0.6) is 0 Å². The highest BCUT2D eigenvalue weighted by Crippen LogP contribution is 2.08. The highest BCUT2D eigenvalue weighted by molar-refractivity contribution is 5.44. The number of aliphatic hydroxyl groups is 1. The first kappa shape index (κ1) is 10.3. The van der Waals surface area contributed by atoms with Gasteiger partial charge in [0.2, 0.25) is 0 Å². The van der Waals surface area contributed by atoms with Gasteiger partial charge >= 0.3 is 0 Å². The minimum Gasteiger partial charge on any atom is -0.395 e. The van der Waals surface area contributed by atoms with E-state index in [1.807, 2.05) is 19.1 Å². The number of hydrogen-bond acceptors (Lipinski definition) is 2. The van der Waals surface area contributed by atoms with Crippen LogP contribution in [0.4, 0.5) is 0 Å². The summed E-state index contributed by atoms with van der Waals surface area (Å²) >= 11 is 0. The summed E-state index contributed by atoms with van der Waals surface area (Å²) < 4.78 is 0. The molecule has 0 saturated heterocycles. The van der Waals surface area contributed by atoms with E-state index < -0.39 is 0 Å². The Morgan fingerprint density at radius 2 is 2.21 bits per heavy atom. The van der Waals surface area contributed by atoms with Gasteiger partial charge in [0.1, 0.15) is 0 Å². The largest absolute Gasteiger partial charge is 0.395 e. The second-order valence-electron chi connectivity index (χ2n) is 2.92. The van der Waals surface area contributed by atoms with Gasteiger partial charge < -0.3 is 5.11 Å². The topological polar surface area (TPSA) is 44.0 Å². The molecule has 1 aromatic rings. The molecule has 0 atom stereocenters. The van der Waals surface area contributed by atoms with Crippen molar-refractivity contribution in [3.8, 4) is 17.9 Å². The zero-order valence-electron chi connectivity index (χ0n) is 8.04. The molecule has 0 aliphatic heterocycles. The van der Waals surface area contributed by atoms with Crippen LogP contribution < -0.4 is 0 Å². The number of nitriles is 1. The van der Waals surface area contributed by atoms with E-state index in [4.69, 9.17) is 10.4 Å². The van der Waals surface area contributed by atoms with Gasteiger partial charge in [-0.3, -0.25) is 0 Å². The third-order valence-electron chi connectivity index (χ3n) is 1.82. The standard InChI is InChI=1S/C12H11NO/c1-10-8-11(4-2-3-7-14)5-6-12(10)9-13/h5-6,8,14H,3,7H2,1H3. The van der Waals surface area contributed by atoms with E-state index in [0.29, 0.717) is 12.0 Å². The van der Waals surface area contributed by atoms with Crippen LogP contribution in [0.1, 0.15) is 23.1 Å². The summed E-state index contributed by atoms with van der Waals surface area (Å²) in [4.78, 5) is 0. The van der Waals surface area contributed by atoms with Crippen molar-refractivity contribution in [2.45, 2.75) is 13.3 Å². The van der Waals surface area contributed by atoms with Gasteiger partial charge in [-0.15, -0.1) is 0 Å². The van der Waals surface area contributed by atoms with Crippen molar-refractivity contribution in [1.29, 1.82) is 5.26 Å². The Bertz CT molecular complexity index is 418. The molecule has 0 aliphatic rings. The van der Waals surface area contributed by atoms with E-state index in [0.717, 1.165) is 11.1 Å². The highest BCUT2D eigenvalue weighted by Gasteiger charge is 1.96. The van der Waals surface area contributed by atoms with Gasteiger partial charge in [0.25, 0.3) is 0 Å². The Kier molecular flexibility index (Phi) is 3.73. The van der Waals surface area contributed by atoms with Crippen molar-refractivity contribution in [1.82, 2.24) is 0 Å². The summed E-state index contributed by atoms with van der Waals surface area (Å²) in [5.74, 6) is 5.75. The molecule has 1 rings (SSSR count). The number of aliphatic hydroxyl groups excluding tert-OH is 1. The monoisotopic (exact) mass is 185 g/mol. The second-order valence-corrected chi connectivity index (χ2v) is 2.92. The first-order valence-corrected chi connectivity index (χ1v) is 4.38. The van der Waals surface area contributed by atoms with Gasteiger partial charge in [0.15, 0.2) is 0 Å². The molecule has 1 N–H and O–H groups in total. The quantitative estimate of drug-likeness (QED) is 0.675. The van der Waals surface area contributed by atoms with Crippen molar-refractivity contribution in [3.05, 3.63) is 34.9 Å². The number of nitrogens with zero attached hydrogens (tertiary/aromatic N) is 1. The molecular weight excluding hydrogens is 174 g/mol. The molecule has 70 valence electrons. The molecule has 0 aromatic heterocycles. The fourth-order valence-electron chi connectivity index (χ4n) is 1.09. The van der Waals surface area contributed by atoms with Crippen LogP contribution >= 0.6 is 0 Å². The predicted octanol–water partition coefficient (Wildman–Crippen LogP) is 1.60. The molecule has 0 fully saturated rings. The predicted molar refractivity (Wildman–Crippen MR) is 54.5 cm³/mol. The molecule has 1 aromatic carbocycles. The van der Waals surface area contributed by atoms with Gasteiger partial charge in [-0.25, -0.2) is 0 Å². The van der Waals surface area contributed by atoms with Crippen LogP contribution in [0.3, 0.4) is 0 Å². The smallest absolute Gasteiger partial charge is 0.0994 e. The summed E-state index contributed by atoms with van der Waals surface area (Å²) in [5, 5.41) is 17.2. The Morgan fingerprint density at radius 3 is 2.79 bits per heavy atom. The summed E-state index contributed by atoms with van der Waals surface area (Å²) in [6.45, 7) is 1.97. The maximum Gasteiger partial charge on any atom is 0.0994 e. The van der Waals surface area contributed by atoms with Gasteiger partial charge in [-0.05, 0) is 30.7 Å². The summed E-state index contributed by atoms with van der Waals surface area (Å²) in [6, 6.07) is 7.56. The van der Waals surface area contributed by atoms with Gasteiger partial charge in [0.05, 0.1) is 18.2 Å². The zero-order chi connectivity index (χ0) is 10.4. The lowest BCUT2D eigenvalue weighted by Gasteiger charge is -1.96. The zero-order valence-corrected chi connectivity index (χ0v) is 8.04. The highest BCUT2D eigenvalue weighted by atomic mass is 16.2. The fraction of sp³-hybridized carbons (Fsp3) is 0.250. The summed E-state index contributed by atoms with van der Waals surface area (Å²) in [6.07, 6.45) is 0.485. The van der Waals surface area contributed by atoms with Crippen molar-refractivity contribution in [2.75, 3.05) is 6.61 Å². The summed E-state index contributed by atoms with van der Waals surface area (Å²) in [7, 11) is 0. The van der Waals surface area contributed by atoms with Crippen LogP contribution in [-0.2, 0) is 0 Å². The molecule has 0 bridgehead atoms. The number of aryl methyl sites for hydroxylation is 1. The van der Waals surface area contributed by atoms with Crippen LogP contribution in [0.15, 0.2) is 18.2 Å². The maximum absolute atomic E-state index is 8.70. The lowest BCUT2D eigenvalue weighted by atomic mass is 10.1. The number of hydrogen-bond donors (Lipinski definition) is 1. The van der Waals surface area contributed by atoms with Crippen molar-refractivity contribution in [2.24, 2.45) is 0 Å². The fourth-order valence-corrected chi connectivity index (χ4v) is 1.09. The number of benzene rings is 1. The third-order valence-corrected chi connectivity index (χ3v) is 1.82. The average molecular weight is 185 g/mol. The van der Waals surface area contributed by atoms with Gasteiger partial charge in [-0.2, -0.15) is 5.26 Å². The molecule has 0 unspecified atom stereocenters. The molecule has 0 radical (unpaired) electrons. The molecule has 0 aliphatic carbocycles. The molecule has 2 heteroatoms. The maximum atomic E-state index is 8.70. The van der Waals surface area contributed by atoms with Crippen molar-refractivity contribution < 1.29 is 5.11 Å². The average Bonchev–Trinajstić information content (AvgIpc) is 2.18. The lowest BCUT2D eigenvalue weighted by molar-refractivity contribution is 0.305. The van der Waals surface area contributed by atoms with Gasteiger partial charge in [0, 0.05) is 12.0 Å². The summed E-state index contributed by atoms with van der Waals surface area (Å²) in [5.41, 5.74) is 2.50. The minimum absolute atomic E-state index is 0.0856. The Balaban J connectivity index is 2.89. The second kappa shape index (κ2) is 5.07. The van der Waals surface area contributed by atoms with Crippen molar-refractivity contribution >= 4 is 0 Å². The van der Waals surface area contributed by atoms with Crippen LogP contribution in [0.25, 0.3) is 0 Å². The third kappa shape index (κ3) is 2.62. The number of rotatable bonds is 1. The molecule has 0 spiro atoms. The van der Waals surface area contributed by atoms with E-state index in [-0.39, 0.29) is 6.61 Å². The molecule has 14 heavy (non-hydrogen) atoms. The normalized spacial score (nSPS) is 8.64. The minimum atomic E-state index is 0.0856. The lowest BCUT2D eigenvalue weighted by Crippen LogP contribution is -1.84. The Labute approximate surface area is 83.8 Å². The van der Waals surface area contributed by atoms with E-state index in [9.17, 15) is 0 Å². The molecule has 2 nitrogen and oxygen atoms in total. The first-order valence-electron chi connectivity index (χ1n) is 4.38. The van der Waals surface area contributed by atoms with E-state index in [1.165, 1.54) is 0 Å². The first-order chi connectivity index (χ1) is 6.77. The molecule has 0 amide bonds. The molecule has 0 heterocycles. The van der Waals surface area contributed by atoms with Crippen LogP contribution in [0, 0.1) is 30.1 Å². The molecule has 0 saturated carbocycles. The van der Waals surface area contributed by atoms with Crippen molar-refractivity contribution in [3.63, 3.8) is 0 Å². The van der Waals surface area contributed by atoms with Crippen LogP contribution in [0.2, 0.25) is 0 Å². The molecular formula is C12H11NO. The van der Waals surface area contributed by atoms with E-state index in [2.05, 4.69) is 17.9 Å². The SMILES string of the molecule is Cc1cc(C#CCCO)ccc1C#N.